The fourth-order valence-corrected chi connectivity index (χ4v) is 4.69. The lowest BCUT2D eigenvalue weighted by Crippen LogP contribution is -2.32. The molecule has 33 heavy (non-hydrogen) atoms. The minimum absolute atomic E-state index is 0.00108. The van der Waals surface area contributed by atoms with E-state index in [1.54, 1.807) is 0 Å². The van der Waals surface area contributed by atoms with Crippen LogP contribution in [-0.4, -0.2) is 38.8 Å². The van der Waals surface area contributed by atoms with Gasteiger partial charge in [-0.05, 0) is 21.9 Å². The van der Waals surface area contributed by atoms with E-state index in [-0.39, 0.29) is 12.5 Å². The number of carbonyl (C=O) groups excluding carboxylic acids is 1. The number of benzene rings is 3. The Kier molecular flexibility index (Phi) is 6.19. The van der Waals surface area contributed by atoms with Crippen molar-refractivity contribution in [2.75, 3.05) is 13.2 Å². The molecule has 0 radical (unpaired) electrons. The Balaban J connectivity index is 1.37. The molecule has 168 valence electrons. The summed E-state index contributed by atoms with van der Waals surface area (Å²) in [7, 11) is 0. The Morgan fingerprint density at radius 3 is 2.64 bits per heavy atom. The zero-order valence-electron chi connectivity index (χ0n) is 18.6. The molecule has 1 aromatic heterocycles. The van der Waals surface area contributed by atoms with Gasteiger partial charge in [-0.25, -0.2) is 0 Å². The van der Waals surface area contributed by atoms with Crippen LogP contribution in [0.2, 0.25) is 0 Å². The van der Waals surface area contributed by atoms with Gasteiger partial charge in [0, 0.05) is 43.9 Å². The number of rotatable bonds is 7. The van der Waals surface area contributed by atoms with Gasteiger partial charge < -0.3 is 10.4 Å². The first kappa shape index (κ1) is 21.4. The standard InChI is InChI=1S/C27H28N4O2/c32-16-15-31-25-13-14-30(18-20-7-2-1-3-8-20)19-24(25)26(29-31)27(33)28-17-22-11-6-10-21-9-4-5-12-23(21)22/h1-12,32H,13-19H2,(H,28,33). The van der Waals surface area contributed by atoms with Gasteiger partial charge in [-0.1, -0.05) is 72.8 Å². The number of hydrogen-bond acceptors (Lipinski definition) is 4. The van der Waals surface area contributed by atoms with Crippen molar-refractivity contribution in [3.63, 3.8) is 0 Å². The van der Waals surface area contributed by atoms with Crippen molar-refractivity contribution >= 4 is 16.7 Å². The lowest BCUT2D eigenvalue weighted by atomic mass is 10.0. The third-order valence-electron chi connectivity index (χ3n) is 6.31. The molecule has 0 saturated heterocycles. The molecular formula is C27H28N4O2. The Bertz CT molecular complexity index is 1260. The molecule has 5 rings (SSSR count). The summed E-state index contributed by atoms with van der Waals surface area (Å²) in [5.74, 6) is -0.169. The molecule has 0 unspecified atom stereocenters. The summed E-state index contributed by atoms with van der Waals surface area (Å²) in [6.07, 6.45) is 0.811. The van der Waals surface area contributed by atoms with Crippen LogP contribution in [0.25, 0.3) is 10.8 Å². The molecule has 1 amide bonds. The topological polar surface area (TPSA) is 70.4 Å². The van der Waals surface area contributed by atoms with E-state index >= 15 is 0 Å². The van der Waals surface area contributed by atoms with Crippen molar-refractivity contribution in [3.05, 3.63) is 101 Å². The number of amides is 1. The highest BCUT2D eigenvalue weighted by Gasteiger charge is 2.28. The van der Waals surface area contributed by atoms with E-state index in [1.807, 2.05) is 35.0 Å². The second-order valence-electron chi connectivity index (χ2n) is 8.49. The molecule has 4 aromatic rings. The van der Waals surface area contributed by atoms with Crippen LogP contribution >= 0.6 is 0 Å². The second-order valence-corrected chi connectivity index (χ2v) is 8.49. The Morgan fingerprint density at radius 2 is 1.79 bits per heavy atom. The van der Waals surface area contributed by atoms with Crippen LogP contribution in [0.3, 0.4) is 0 Å². The molecule has 1 aliphatic heterocycles. The third kappa shape index (κ3) is 4.53. The smallest absolute Gasteiger partial charge is 0.272 e. The zero-order chi connectivity index (χ0) is 22.6. The number of fused-ring (bicyclic) bond motifs is 2. The minimum atomic E-state index is -0.169. The van der Waals surface area contributed by atoms with Gasteiger partial charge in [-0.3, -0.25) is 14.4 Å². The molecule has 0 fully saturated rings. The molecule has 0 saturated carbocycles. The van der Waals surface area contributed by atoms with Crippen LogP contribution in [0.15, 0.2) is 72.8 Å². The summed E-state index contributed by atoms with van der Waals surface area (Å²) in [5, 5.41) is 19.5. The number of aliphatic hydroxyl groups excluding tert-OH is 1. The van der Waals surface area contributed by atoms with Gasteiger partial charge in [0.15, 0.2) is 5.69 Å². The monoisotopic (exact) mass is 440 g/mol. The highest BCUT2D eigenvalue weighted by atomic mass is 16.3. The summed E-state index contributed by atoms with van der Waals surface area (Å²) >= 11 is 0. The van der Waals surface area contributed by atoms with Crippen molar-refractivity contribution in [1.82, 2.24) is 20.0 Å². The second kappa shape index (κ2) is 9.57. The maximum Gasteiger partial charge on any atom is 0.272 e. The average molecular weight is 441 g/mol. The lowest BCUT2D eigenvalue weighted by molar-refractivity contribution is 0.0942. The van der Waals surface area contributed by atoms with Crippen LogP contribution in [0.1, 0.15) is 32.9 Å². The van der Waals surface area contributed by atoms with Gasteiger partial charge in [0.25, 0.3) is 5.91 Å². The van der Waals surface area contributed by atoms with E-state index in [9.17, 15) is 9.90 Å². The Morgan fingerprint density at radius 1 is 1.00 bits per heavy atom. The van der Waals surface area contributed by atoms with Gasteiger partial charge in [-0.15, -0.1) is 0 Å². The predicted octanol–water partition coefficient (Wildman–Crippen LogP) is 3.52. The number of carbonyl (C=O) groups is 1. The zero-order valence-corrected chi connectivity index (χ0v) is 18.6. The van der Waals surface area contributed by atoms with Crippen LogP contribution in [-0.2, 0) is 32.6 Å². The molecule has 1 aliphatic rings. The molecule has 0 aliphatic carbocycles. The molecule has 0 bridgehead atoms. The summed E-state index contributed by atoms with van der Waals surface area (Å²) in [6.45, 7) is 3.25. The summed E-state index contributed by atoms with van der Waals surface area (Å²) in [4.78, 5) is 15.6. The number of nitrogens with one attached hydrogen (secondary N) is 1. The Hall–Kier alpha value is -3.48. The van der Waals surface area contributed by atoms with E-state index in [0.717, 1.165) is 47.1 Å². The van der Waals surface area contributed by atoms with Crippen molar-refractivity contribution in [3.8, 4) is 0 Å². The van der Waals surface area contributed by atoms with E-state index < -0.39 is 0 Å². The number of nitrogens with zero attached hydrogens (tertiary/aromatic N) is 3. The van der Waals surface area contributed by atoms with E-state index in [1.165, 1.54) is 5.56 Å². The molecule has 0 atom stereocenters. The molecule has 6 nitrogen and oxygen atoms in total. The fourth-order valence-electron chi connectivity index (χ4n) is 4.69. The summed E-state index contributed by atoms with van der Waals surface area (Å²) < 4.78 is 1.81. The first-order chi connectivity index (χ1) is 16.2. The van der Waals surface area contributed by atoms with Crippen LogP contribution in [0.4, 0.5) is 0 Å². The van der Waals surface area contributed by atoms with Crippen molar-refractivity contribution in [2.45, 2.75) is 32.6 Å². The minimum Gasteiger partial charge on any atom is -0.394 e. The number of aromatic nitrogens is 2. The molecule has 2 heterocycles. The van der Waals surface area contributed by atoms with Gasteiger partial charge in [-0.2, -0.15) is 5.10 Å². The normalized spacial score (nSPS) is 13.7. The number of aliphatic hydroxyl groups is 1. The largest absolute Gasteiger partial charge is 0.394 e. The van der Waals surface area contributed by atoms with Crippen LogP contribution < -0.4 is 5.32 Å². The predicted molar refractivity (Wildman–Crippen MR) is 129 cm³/mol. The molecule has 0 spiro atoms. The quantitative estimate of drug-likeness (QED) is 0.461. The summed E-state index contributed by atoms with van der Waals surface area (Å²) in [5.41, 5.74) is 4.84. The SMILES string of the molecule is O=C(NCc1cccc2ccccc12)c1nn(CCO)c2c1CN(Cc1ccccc1)CC2. The highest BCUT2D eigenvalue weighted by molar-refractivity contribution is 5.94. The van der Waals surface area contributed by atoms with Crippen molar-refractivity contribution in [1.29, 1.82) is 0 Å². The van der Waals surface area contributed by atoms with E-state index in [4.69, 9.17) is 0 Å². The fraction of sp³-hybridized carbons (Fsp3) is 0.259. The summed E-state index contributed by atoms with van der Waals surface area (Å²) in [6, 6.07) is 24.7. The highest BCUT2D eigenvalue weighted by Crippen LogP contribution is 2.25. The van der Waals surface area contributed by atoms with E-state index in [0.29, 0.717) is 25.3 Å². The Labute approximate surface area is 193 Å². The maximum absolute atomic E-state index is 13.2. The third-order valence-corrected chi connectivity index (χ3v) is 6.31. The lowest BCUT2D eigenvalue weighted by Gasteiger charge is -2.27. The van der Waals surface area contributed by atoms with Gasteiger partial charge in [0.1, 0.15) is 0 Å². The average Bonchev–Trinajstić information content (AvgIpc) is 3.21. The molecular weight excluding hydrogens is 412 g/mol. The first-order valence-corrected chi connectivity index (χ1v) is 11.4. The number of hydrogen-bond donors (Lipinski definition) is 2. The van der Waals surface area contributed by atoms with Crippen molar-refractivity contribution < 1.29 is 9.90 Å². The van der Waals surface area contributed by atoms with Crippen molar-refractivity contribution in [2.24, 2.45) is 0 Å². The maximum atomic E-state index is 13.2. The van der Waals surface area contributed by atoms with Gasteiger partial charge in [0.2, 0.25) is 0 Å². The first-order valence-electron chi connectivity index (χ1n) is 11.4. The van der Waals surface area contributed by atoms with Crippen LogP contribution in [0, 0.1) is 0 Å². The van der Waals surface area contributed by atoms with E-state index in [2.05, 4.69) is 57.8 Å². The van der Waals surface area contributed by atoms with Crippen LogP contribution in [0.5, 0.6) is 0 Å². The molecule has 3 aromatic carbocycles. The molecule has 2 N–H and O–H groups in total. The van der Waals surface area contributed by atoms with Gasteiger partial charge >= 0.3 is 0 Å². The van der Waals surface area contributed by atoms with Gasteiger partial charge in [0.05, 0.1) is 13.2 Å². The molecule has 6 heteroatoms.